The maximum atomic E-state index is 6.21. The van der Waals surface area contributed by atoms with Crippen molar-refractivity contribution in [3.63, 3.8) is 0 Å². The van der Waals surface area contributed by atoms with Crippen LogP contribution in [-0.4, -0.2) is 29.8 Å². The Hall–Kier alpha value is -1.65. The number of halogens is 1. The normalized spacial score (nSPS) is 21.3. The second-order valence-electron chi connectivity index (χ2n) is 5.98. The maximum absolute atomic E-state index is 6.21. The summed E-state index contributed by atoms with van der Waals surface area (Å²) in [6.07, 6.45) is 1.07. The van der Waals surface area contributed by atoms with Crippen LogP contribution in [0.15, 0.2) is 36.4 Å². The highest BCUT2D eigenvalue weighted by molar-refractivity contribution is 6.33. The molecule has 1 aliphatic rings. The van der Waals surface area contributed by atoms with Gasteiger partial charge in [-0.05, 0) is 43.0 Å². The molecule has 0 unspecified atom stereocenters. The highest BCUT2D eigenvalue weighted by Gasteiger charge is 2.29. The molecule has 5 heteroatoms. The van der Waals surface area contributed by atoms with Crippen LogP contribution in [0.2, 0.25) is 5.02 Å². The van der Waals surface area contributed by atoms with Gasteiger partial charge < -0.3 is 10.6 Å². The van der Waals surface area contributed by atoms with Gasteiger partial charge in [-0.15, -0.1) is 10.2 Å². The summed E-state index contributed by atoms with van der Waals surface area (Å²) in [6, 6.07) is 11.7. The average molecular weight is 317 g/mol. The van der Waals surface area contributed by atoms with E-state index in [1.807, 2.05) is 36.4 Å². The van der Waals surface area contributed by atoms with Gasteiger partial charge in [0.05, 0.1) is 10.7 Å². The summed E-state index contributed by atoms with van der Waals surface area (Å²) in [4.78, 5) is 2.30. The van der Waals surface area contributed by atoms with Crippen molar-refractivity contribution in [3.05, 3.63) is 41.4 Å². The summed E-state index contributed by atoms with van der Waals surface area (Å²) in [5, 5.41) is 9.44. The van der Waals surface area contributed by atoms with E-state index in [0.29, 0.717) is 16.9 Å². The number of benzene rings is 1. The second-order valence-corrected chi connectivity index (χ2v) is 6.38. The third kappa shape index (κ3) is 3.08. The quantitative estimate of drug-likeness (QED) is 0.941. The zero-order valence-electron chi connectivity index (χ0n) is 12.7. The molecule has 1 fully saturated rings. The lowest BCUT2D eigenvalue weighted by Gasteiger charge is -2.17. The first-order chi connectivity index (χ1) is 10.7. The summed E-state index contributed by atoms with van der Waals surface area (Å²) < 4.78 is 0. The molecule has 2 aromatic rings. The molecule has 0 radical (unpaired) electrons. The van der Waals surface area contributed by atoms with Gasteiger partial charge in [0.1, 0.15) is 0 Å². The average Bonchev–Trinajstić information content (AvgIpc) is 2.90. The lowest BCUT2D eigenvalue weighted by atomic mass is 9.95. The summed E-state index contributed by atoms with van der Waals surface area (Å²) in [7, 11) is 0. The van der Waals surface area contributed by atoms with Gasteiger partial charge in [-0.2, -0.15) is 0 Å². The van der Waals surface area contributed by atoms with E-state index in [1.165, 1.54) is 0 Å². The number of hydrogen-bond acceptors (Lipinski definition) is 4. The first-order valence-electron chi connectivity index (χ1n) is 7.72. The monoisotopic (exact) mass is 316 g/mol. The van der Waals surface area contributed by atoms with Crippen LogP contribution in [-0.2, 0) is 0 Å². The predicted molar refractivity (Wildman–Crippen MR) is 91.0 cm³/mol. The third-order valence-corrected chi connectivity index (χ3v) is 4.76. The van der Waals surface area contributed by atoms with E-state index >= 15 is 0 Å². The standard InChI is InChI=1S/C17H21ClN4/c1-12-10-22(11-13(12)8-9-19)17-7-6-16(20-21-17)14-4-2-3-5-15(14)18/h2-7,12-13H,8-11,19H2,1H3/t12-,13-/m1/s1. The minimum absolute atomic E-state index is 0.647. The summed E-state index contributed by atoms with van der Waals surface area (Å²) in [5.74, 6) is 2.23. The highest BCUT2D eigenvalue weighted by Crippen LogP contribution is 2.30. The lowest BCUT2D eigenvalue weighted by molar-refractivity contribution is 0.428. The van der Waals surface area contributed by atoms with Crippen molar-refractivity contribution in [1.82, 2.24) is 10.2 Å². The molecule has 0 spiro atoms. The summed E-state index contributed by atoms with van der Waals surface area (Å²) in [5.41, 5.74) is 7.42. The highest BCUT2D eigenvalue weighted by atomic mass is 35.5. The molecule has 4 nitrogen and oxygen atoms in total. The van der Waals surface area contributed by atoms with Crippen LogP contribution in [0.25, 0.3) is 11.3 Å². The Morgan fingerprint density at radius 3 is 2.68 bits per heavy atom. The number of rotatable bonds is 4. The summed E-state index contributed by atoms with van der Waals surface area (Å²) in [6.45, 7) is 5.06. The van der Waals surface area contributed by atoms with Gasteiger partial charge >= 0.3 is 0 Å². The Bertz CT molecular complexity index is 629. The fourth-order valence-electron chi connectivity index (χ4n) is 3.12. The third-order valence-electron chi connectivity index (χ3n) is 4.43. The molecule has 22 heavy (non-hydrogen) atoms. The Kier molecular flexibility index (Phi) is 4.60. The van der Waals surface area contributed by atoms with Crippen LogP contribution >= 0.6 is 11.6 Å². The molecule has 2 heterocycles. The van der Waals surface area contributed by atoms with E-state index < -0.39 is 0 Å². The smallest absolute Gasteiger partial charge is 0.151 e. The molecule has 116 valence electrons. The van der Waals surface area contributed by atoms with Crippen LogP contribution in [0.5, 0.6) is 0 Å². The molecule has 3 rings (SSSR count). The van der Waals surface area contributed by atoms with Gasteiger partial charge in [0.2, 0.25) is 0 Å². The van der Waals surface area contributed by atoms with Crippen LogP contribution in [0.1, 0.15) is 13.3 Å². The molecular formula is C17H21ClN4. The van der Waals surface area contributed by atoms with Crippen molar-refractivity contribution in [2.45, 2.75) is 13.3 Å². The zero-order chi connectivity index (χ0) is 15.5. The number of anilines is 1. The fraction of sp³-hybridized carbons (Fsp3) is 0.412. The van der Waals surface area contributed by atoms with Crippen LogP contribution in [0.3, 0.4) is 0 Å². The van der Waals surface area contributed by atoms with E-state index in [0.717, 1.165) is 43.1 Å². The Morgan fingerprint density at radius 1 is 1.18 bits per heavy atom. The van der Waals surface area contributed by atoms with E-state index in [2.05, 4.69) is 22.0 Å². The van der Waals surface area contributed by atoms with E-state index in [1.54, 1.807) is 0 Å². The van der Waals surface area contributed by atoms with Crippen molar-refractivity contribution in [3.8, 4) is 11.3 Å². The van der Waals surface area contributed by atoms with Crippen molar-refractivity contribution in [2.24, 2.45) is 17.6 Å². The molecular weight excluding hydrogens is 296 g/mol. The molecule has 1 aromatic carbocycles. The molecule has 0 amide bonds. The van der Waals surface area contributed by atoms with Gasteiger partial charge in [-0.1, -0.05) is 36.7 Å². The van der Waals surface area contributed by atoms with Crippen molar-refractivity contribution >= 4 is 17.4 Å². The SMILES string of the molecule is C[C@@H]1CN(c2ccc(-c3ccccc3Cl)nn2)C[C@H]1CCN. The number of aromatic nitrogens is 2. The lowest BCUT2D eigenvalue weighted by Crippen LogP contribution is -2.21. The fourth-order valence-corrected chi connectivity index (χ4v) is 3.35. The van der Waals surface area contributed by atoms with Crippen LogP contribution in [0, 0.1) is 11.8 Å². The van der Waals surface area contributed by atoms with Gasteiger partial charge in [-0.25, -0.2) is 0 Å². The molecule has 1 aliphatic heterocycles. The van der Waals surface area contributed by atoms with E-state index in [9.17, 15) is 0 Å². The largest absolute Gasteiger partial charge is 0.355 e. The Balaban J connectivity index is 1.77. The number of hydrogen-bond donors (Lipinski definition) is 1. The van der Waals surface area contributed by atoms with E-state index in [-0.39, 0.29) is 0 Å². The zero-order valence-corrected chi connectivity index (χ0v) is 13.5. The Labute approximate surface area is 136 Å². The van der Waals surface area contributed by atoms with E-state index in [4.69, 9.17) is 17.3 Å². The van der Waals surface area contributed by atoms with Gasteiger partial charge in [0, 0.05) is 18.7 Å². The van der Waals surface area contributed by atoms with Crippen LogP contribution in [0.4, 0.5) is 5.82 Å². The molecule has 1 saturated heterocycles. The topological polar surface area (TPSA) is 55.0 Å². The first-order valence-corrected chi connectivity index (χ1v) is 8.10. The maximum Gasteiger partial charge on any atom is 0.151 e. The van der Waals surface area contributed by atoms with Gasteiger partial charge in [0.15, 0.2) is 5.82 Å². The predicted octanol–water partition coefficient (Wildman–Crippen LogP) is 3.22. The number of nitrogens with zero attached hydrogens (tertiary/aromatic N) is 3. The van der Waals surface area contributed by atoms with Gasteiger partial charge in [-0.3, -0.25) is 0 Å². The molecule has 2 atom stereocenters. The molecule has 0 bridgehead atoms. The molecule has 1 aromatic heterocycles. The van der Waals surface area contributed by atoms with Gasteiger partial charge in [0.25, 0.3) is 0 Å². The van der Waals surface area contributed by atoms with Crippen molar-refractivity contribution in [2.75, 3.05) is 24.5 Å². The van der Waals surface area contributed by atoms with Crippen molar-refractivity contribution in [1.29, 1.82) is 0 Å². The molecule has 0 saturated carbocycles. The second kappa shape index (κ2) is 6.63. The molecule has 0 aliphatic carbocycles. The minimum atomic E-state index is 0.647. The van der Waals surface area contributed by atoms with Crippen LogP contribution < -0.4 is 10.6 Å². The molecule has 2 N–H and O–H groups in total. The first kappa shape index (κ1) is 15.3. The summed E-state index contributed by atoms with van der Waals surface area (Å²) >= 11 is 6.21. The number of nitrogens with two attached hydrogens (primary N) is 1. The Morgan fingerprint density at radius 2 is 2.00 bits per heavy atom. The minimum Gasteiger partial charge on any atom is -0.355 e. The van der Waals surface area contributed by atoms with Crippen molar-refractivity contribution < 1.29 is 0 Å².